The zero-order chi connectivity index (χ0) is 17.4. The maximum Gasteiger partial charge on any atom is 0.269 e. The van der Waals surface area contributed by atoms with Crippen molar-refractivity contribution in [2.75, 3.05) is 6.54 Å². The molecule has 0 bridgehead atoms. The number of nitrogens with one attached hydrogen (secondary N) is 1. The molecule has 2 heterocycles. The van der Waals surface area contributed by atoms with E-state index in [2.05, 4.69) is 9.97 Å². The van der Waals surface area contributed by atoms with Crippen LogP contribution in [0.15, 0.2) is 48.5 Å². The molecule has 0 unspecified atom stereocenters. The first-order chi connectivity index (χ1) is 12.1. The van der Waals surface area contributed by atoms with Crippen molar-refractivity contribution in [1.29, 1.82) is 0 Å². The molecule has 1 fully saturated rings. The van der Waals surface area contributed by atoms with Crippen LogP contribution in [0, 0.1) is 10.1 Å². The third-order valence-electron chi connectivity index (χ3n) is 4.56. The van der Waals surface area contributed by atoms with Crippen LogP contribution in [0.4, 0.5) is 5.69 Å². The number of likely N-dealkylation sites (tertiary alicyclic amines) is 1. The first-order valence-corrected chi connectivity index (χ1v) is 8.13. The molecule has 7 nitrogen and oxygen atoms in total. The predicted octanol–water partition coefficient (Wildman–Crippen LogP) is 3.45. The van der Waals surface area contributed by atoms with Crippen molar-refractivity contribution in [1.82, 2.24) is 14.9 Å². The molecule has 1 aromatic heterocycles. The summed E-state index contributed by atoms with van der Waals surface area (Å²) in [5.41, 5.74) is 2.26. The number of nitro groups is 1. The third kappa shape index (κ3) is 2.73. The number of rotatable bonds is 3. The number of H-pyrrole nitrogens is 1. The molecular formula is C18H16N4O3. The van der Waals surface area contributed by atoms with Gasteiger partial charge in [-0.05, 0) is 37.1 Å². The van der Waals surface area contributed by atoms with E-state index in [-0.39, 0.29) is 17.6 Å². The highest BCUT2D eigenvalue weighted by atomic mass is 16.6. The van der Waals surface area contributed by atoms with Crippen molar-refractivity contribution in [2.45, 2.75) is 18.9 Å². The summed E-state index contributed by atoms with van der Waals surface area (Å²) in [6.07, 6.45) is 1.75. The van der Waals surface area contributed by atoms with Crippen LogP contribution < -0.4 is 0 Å². The molecule has 1 aliphatic rings. The normalized spacial score (nSPS) is 17.1. The fraction of sp³-hybridized carbons (Fsp3) is 0.222. The standard InChI is InChI=1S/C18H16N4O3/c23-18(12-7-9-13(10-8-12)22(24)25)21-11-3-6-16(21)17-19-14-4-1-2-5-15(14)20-17/h1-2,4-5,7-10,16H,3,6,11H2,(H,19,20)/t16-/m1/s1. The Hall–Kier alpha value is -3.22. The Kier molecular flexibility index (Phi) is 3.68. The van der Waals surface area contributed by atoms with Gasteiger partial charge in [0.1, 0.15) is 5.82 Å². The Bertz CT molecular complexity index is 915. The first kappa shape index (κ1) is 15.3. The van der Waals surface area contributed by atoms with Gasteiger partial charge in [-0.2, -0.15) is 0 Å². The van der Waals surface area contributed by atoms with Gasteiger partial charge in [-0.25, -0.2) is 4.98 Å². The number of carbonyl (C=O) groups excluding carboxylic acids is 1. The molecule has 25 heavy (non-hydrogen) atoms. The van der Waals surface area contributed by atoms with Crippen LogP contribution in [-0.2, 0) is 0 Å². The van der Waals surface area contributed by atoms with Crippen LogP contribution in [0.5, 0.6) is 0 Å². The number of amides is 1. The van der Waals surface area contributed by atoms with Crippen molar-refractivity contribution < 1.29 is 9.72 Å². The number of hydrogen-bond acceptors (Lipinski definition) is 4. The van der Waals surface area contributed by atoms with Crippen molar-refractivity contribution in [3.05, 3.63) is 70.0 Å². The highest BCUT2D eigenvalue weighted by molar-refractivity contribution is 5.95. The van der Waals surface area contributed by atoms with E-state index in [0.717, 1.165) is 29.7 Å². The largest absolute Gasteiger partial charge is 0.340 e. The second-order valence-electron chi connectivity index (χ2n) is 6.10. The summed E-state index contributed by atoms with van der Waals surface area (Å²) < 4.78 is 0. The Morgan fingerprint density at radius 3 is 2.68 bits per heavy atom. The number of imidazole rings is 1. The number of hydrogen-bond donors (Lipinski definition) is 1. The van der Waals surface area contributed by atoms with Crippen molar-refractivity contribution in [3.63, 3.8) is 0 Å². The van der Waals surface area contributed by atoms with Crippen molar-refractivity contribution >= 4 is 22.6 Å². The van der Waals surface area contributed by atoms with E-state index < -0.39 is 4.92 Å². The monoisotopic (exact) mass is 336 g/mol. The summed E-state index contributed by atoms with van der Waals surface area (Å²) in [6, 6.07) is 13.4. The number of para-hydroxylation sites is 2. The molecule has 1 amide bonds. The summed E-state index contributed by atoms with van der Waals surface area (Å²) in [6.45, 7) is 0.650. The lowest BCUT2D eigenvalue weighted by Crippen LogP contribution is -2.31. The second-order valence-corrected chi connectivity index (χ2v) is 6.10. The molecule has 0 spiro atoms. The number of non-ortho nitro benzene ring substituents is 1. The SMILES string of the molecule is O=C(c1ccc([N+](=O)[O-])cc1)N1CCC[C@@H]1c1nc2ccccc2[nH]1. The minimum absolute atomic E-state index is 0.0215. The molecule has 2 aromatic carbocycles. The Morgan fingerprint density at radius 2 is 1.96 bits per heavy atom. The molecule has 126 valence electrons. The van der Waals surface area contributed by atoms with Crippen LogP contribution in [0.3, 0.4) is 0 Å². The van der Waals surface area contributed by atoms with Crippen LogP contribution in [0.2, 0.25) is 0 Å². The Labute approximate surface area is 143 Å². The van der Waals surface area contributed by atoms with Crippen LogP contribution >= 0.6 is 0 Å². The molecule has 0 aliphatic carbocycles. The molecule has 1 N–H and O–H groups in total. The number of nitro benzene ring substituents is 1. The topological polar surface area (TPSA) is 92.1 Å². The zero-order valence-corrected chi connectivity index (χ0v) is 13.4. The minimum Gasteiger partial charge on any atom is -0.340 e. The first-order valence-electron chi connectivity index (χ1n) is 8.13. The molecule has 4 rings (SSSR count). The minimum atomic E-state index is -0.471. The van der Waals surface area contributed by atoms with Gasteiger partial charge in [-0.15, -0.1) is 0 Å². The molecule has 0 radical (unpaired) electrons. The number of aromatic nitrogens is 2. The van der Waals surface area contributed by atoms with Gasteiger partial charge in [0, 0.05) is 24.2 Å². The van der Waals surface area contributed by atoms with Gasteiger partial charge < -0.3 is 9.88 Å². The van der Waals surface area contributed by atoms with Gasteiger partial charge in [-0.3, -0.25) is 14.9 Å². The molecule has 3 aromatic rings. The second kappa shape index (κ2) is 6.01. The van der Waals surface area contributed by atoms with Gasteiger partial charge in [0.2, 0.25) is 0 Å². The molecule has 7 heteroatoms. The van der Waals surface area contributed by atoms with Gasteiger partial charge in [0.25, 0.3) is 11.6 Å². The Morgan fingerprint density at radius 1 is 1.20 bits per heavy atom. The lowest BCUT2D eigenvalue weighted by Gasteiger charge is -2.23. The number of carbonyl (C=O) groups is 1. The third-order valence-corrected chi connectivity index (χ3v) is 4.56. The molecule has 1 aliphatic heterocycles. The van der Waals surface area contributed by atoms with Crippen LogP contribution in [-0.4, -0.2) is 32.2 Å². The maximum absolute atomic E-state index is 12.8. The zero-order valence-electron chi connectivity index (χ0n) is 13.4. The van der Waals surface area contributed by atoms with Gasteiger partial charge >= 0.3 is 0 Å². The van der Waals surface area contributed by atoms with E-state index in [9.17, 15) is 14.9 Å². The van der Waals surface area contributed by atoms with Gasteiger partial charge in [-0.1, -0.05) is 12.1 Å². The highest BCUT2D eigenvalue weighted by Crippen LogP contribution is 2.32. The lowest BCUT2D eigenvalue weighted by molar-refractivity contribution is -0.384. The summed E-state index contributed by atoms with van der Waals surface area (Å²) in [7, 11) is 0. The van der Waals surface area contributed by atoms with E-state index in [1.807, 2.05) is 24.3 Å². The quantitative estimate of drug-likeness (QED) is 0.586. The number of fused-ring (bicyclic) bond motifs is 1. The van der Waals surface area contributed by atoms with Crippen LogP contribution in [0.1, 0.15) is 35.1 Å². The average Bonchev–Trinajstić information content (AvgIpc) is 3.27. The fourth-order valence-electron chi connectivity index (χ4n) is 3.32. The summed E-state index contributed by atoms with van der Waals surface area (Å²) >= 11 is 0. The summed E-state index contributed by atoms with van der Waals surface area (Å²) in [5.74, 6) is 0.659. The van der Waals surface area contributed by atoms with Gasteiger partial charge in [0.05, 0.1) is 22.0 Å². The smallest absolute Gasteiger partial charge is 0.269 e. The Balaban J connectivity index is 1.62. The summed E-state index contributed by atoms with van der Waals surface area (Å²) in [4.78, 5) is 32.8. The van der Waals surface area contributed by atoms with E-state index in [0.29, 0.717) is 12.1 Å². The molecule has 1 atom stereocenters. The number of benzene rings is 2. The average molecular weight is 336 g/mol. The van der Waals surface area contributed by atoms with E-state index in [4.69, 9.17) is 0 Å². The number of nitrogens with zero attached hydrogens (tertiary/aromatic N) is 3. The maximum atomic E-state index is 12.8. The lowest BCUT2D eigenvalue weighted by atomic mass is 10.1. The summed E-state index contributed by atoms with van der Waals surface area (Å²) in [5, 5.41) is 10.8. The van der Waals surface area contributed by atoms with Crippen molar-refractivity contribution in [2.24, 2.45) is 0 Å². The fourth-order valence-corrected chi connectivity index (χ4v) is 3.32. The molecule has 0 saturated carbocycles. The van der Waals surface area contributed by atoms with Crippen molar-refractivity contribution in [3.8, 4) is 0 Å². The highest BCUT2D eigenvalue weighted by Gasteiger charge is 2.32. The van der Waals surface area contributed by atoms with E-state index in [1.165, 1.54) is 24.3 Å². The van der Waals surface area contributed by atoms with E-state index in [1.54, 1.807) is 4.90 Å². The predicted molar refractivity (Wildman–Crippen MR) is 92.2 cm³/mol. The van der Waals surface area contributed by atoms with Crippen LogP contribution in [0.25, 0.3) is 11.0 Å². The molecule has 1 saturated heterocycles. The van der Waals surface area contributed by atoms with E-state index >= 15 is 0 Å². The molecular weight excluding hydrogens is 320 g/mol. The van der Waals surface area contributed by atoms with Gasteiger partial charge in [0.15, 0.2) is 0 Å². The number of aromatic amines is 1.